The van der Waals surface area contributed by atoms with Crippen LogP contribution in [0, 0.1) is 13.8 Å². The number of para-hydroxylation sites is 1. The van der Waals surface area contributed by atoms with Gasteiger partial charge in [-0.15, -0.1) is 22.7 Å². The second-order valence-corrected chi connectivity index (χ2v) is 10.7. The summed E-state index contributed by atoms with van der Waals surface area (Å²) in [7, 11) is -2.59. The number of aromatic nitrogens is 1. The summed E-state index contributed by atoms with van der Waals surface area (Å²) < 4.78 is 34.4. The van der Waals surface area contributed by atoms with Crippen molar-refractivity contribution >= 4 is 50.0 Å². The van der Waals surface area contributed by atoms with E-state index < -0.39 is 15.9 Å². The summed E-state index contributed by atoms with van der Waals surface area (Å²) in [4.78, 5) is 18.0. The number of anilines is 2. The zero-order valence-electron chi connectivity index (χ0n) is 18.1. The number of thiazole rings is 1. The Labute approximate surface area is 200 Å². The molecule has 0 aliphatic heterocycles. The summed E-state index contributed by atoms with van der Waals surface area (Å²) in [6.07, 6.45) is 0. The largest absolute Gasteiger partial charge is 0.495 e. The van der Waals surface area contributed by atoms with Crippen LogP contribution in [0.3, 0.4) is 0 Å². The fourth-order valence-corrected chi connectivity index (χ4v) is 6.23. The molecule has 170 valence electrons. The van der Waals surface area contributed by atoms with Gasteiger partial charge in [0.1, 0.15) is 21.3 Å². The van der Waals surface area contributed by atoms with Crippen LogP contribution in [0.2, 0.25) is 0 Å². The molecule has 1 amide bonds. The van der Waals surface area contributed by atoms with Gasteiger partial charge >= 0.3 is 0 Å². The Morgan fingerprint density at radius 1 is 1.03 bits per heavy atom. The third-order valence-electron chi connectivity index (χ3n) is 4.90. The number of hydrogen-bond donors (Lipinski definition) is 2. The molecule has 0 fully saturated rings. The van der Waals surface area contributed by atoms with E-state index in [1.165, 1.54) is 30.6 Å². The number of nitrogens with one attached hydrogen (secondary N) is 2. The van der Waals surface area contributed by atoms with E-state index in [9.17, 15) is 13.2 Å². The maximum Gasteiger partial charge on any atom is 0.275 e. The number of carbonyl (C=O) groups excluding carboxylic acids is 1. The van der Waals surface area contributed by atoms with Crippen LogP contribution >= 0.6 is 22.7 Å². The summed E-state index contributed by atoms with van der Waals surface area (Å²) >= 11 is 2.92. The fraction of sp³-hybridized carbons (Fsp3) is 0.130. The van der Waals surface area contributed by atoms with Gasteiger partial charge in [0.25, 0.3) is 15.9 Å². The second-order valence-electron chi connectivity index (χ2n) is 7.21. The Bertz CT molecular complexity index is 1390. The predicted molar refractivity (Wildman–Crippen MR) is 133 cm³/mol. The van der Waals surface area contributed by atoms with Gasteiger partial charge in [-0.25, -0.2) is 13.4 Å². The first-order chi connectivity index (χ1) is 15.8. The summed E-state index contributed by atoms with van der Waals surface area (Å²) in [5, 5.41) is 7.11. The molecule has 2 aromatic carbocycles. The molecule has 0 aliphatic rings. The molecular weight excluding hydrogens is 478 g/mol. The number of nitrogens with zero attached hydrogens (tertiary/aromatic N) is 1. The lowest BCUT2D eigenvalue weighted by atomic mass is 10.1. The summed E-state index contributed by atoms with van der Waals surface area (Å²) in [6, 6.07) is 13.9. The van der Waals surface area contributed by atoms with Crippen molar-refractivity contribution in [2.24, 2.45) is 0 Å². The quantitative estimate of drug-likeness (QED) is 0.347. The topological polar surface area (TPSA) is 97.4 Å². The maximum atomic E-state index is 13.2. The van der Waals surface area contributed by atoms with Gasteiger partial charge in [0.2, 0.25) is 0 Å². The normalized spacial score (nSPS) is 11.2. The molecule has 2 aromatic heterocycles. The minimum atomic E-state index is -3.99. The van der Waals surface area contributed by atoms with Crippen molar-refractivity contribution in [2.75, 3.05) is 17.1 Å². The Morgan fingerprint density at radius 2 is 1.79 bits per heavy atom. The zero-order chi connectivity index (χ0) is 23.6. The number of carbonyl (C=O) groups is 1. The first kappa shape index (κ1) is 23.0. The molecule has 10 heteroatoms. The van der Waals surface area contributed by atoms with E-state index >= 15 is 0 Å². The smallest absolute Gasteiger partial charge is 0.275 e. The van der Waals surface area contributed by atoms with Gasteiger partial charge in [-0.05, 0) is 54.6 Å². The van der Waals surface area contributed by atoms with E-state index in [4.69, 9.17) is 4.74 Å². The average molecular weight is 500 g/mol. The van der Waals surface area contributed by atoms with Crippen molar-refractivity contribution < 1.29 is 17.9 Å². The van der Waals surface area contributed by atoms with E-state index in [1.54, 1.807) is 22.8 Å². The fourth-order valence-electron chi connectivity index (χ4n) is 3.22. The summed E-state index contributed by atoms with van der Waals surface area (Å²) in [5.41, 5.74) is 2.68. The molecule has 0 atom stereocenters. The first-order valence-electron chi connectivity index (χ1n) is 9.86. The third kappa shape index (κ3) is 4.92. The van der Waals surface area contributed by atoms with Gasteiger partial charge in [-0.1, -0.05) is 24.3 Å². The number of benzene rings is 2. The Hall–Kier alpha value is -3.21. The maximum absolute atomic E-state index is 13.2. The van der Waals surface area contributed by atoms with E-state index in [0.717, 1.165) is 21.0 Å². The molecule has 0 spiro atoms. The van der Waals surface area contributed by atoms with Crippen LogP contribution in [0.4, 0.5) is 11.4 Å². The predicted octanol–water partition coefficient (Wildman–Crippen LogP) is 5.55. The van der Waals surface area contributed by atoms with Crippen LogP contribution in [0.5, 0.6) is 5.75 Å². The SMILES string of the molecule is COc1ccc(NC(=O)c2csc(-c3cccs3)n2)cc1S(=O)(=O)Nc1c(C)cccc1C. The van der Waals surface area contributed by atoms with E-state index in [2.05, 4.69) is 15.0 Å². The Balaban J connectivity index is 1.61. The average Bonchev–Trinajstić information content (AvgIpc) is 3.48. The molecule has 0 saturated carbocycles. The lowest BCUT2D eigenvalue weighted by Crippen LogP contribution is -2.17. The van der Waals surface area contributed by atoms with Crippen LogP contribution < -0.4 is 14.8 Å². The monoisotopic (exact) mass is 499 g/mol. The van der Waals surface area contributed by atoms with Gasteiger partial charge in [-0.3, -0.25) is 9.52 Å². The molecule has 2 N–H and O–H groups in total. The number of methoxy groups -OCH3 is 1. The van der Waals surface area contributed by atoms with Crippen LogP contribution in [-0.2, 0) is 10.0 Å². The molecule has 0 aliphatic carbocycles. The molecule has 0 saturated heterocycles. The van der Waals surface area contributed by atoms with Crippen molar-refractivity contribution in [2.45, 2.75) is 18.7 Å². The summed E-state index contributed by atoms with van der Waals surface area (Å²) in [5.74, 6) is -0.259. The number of rotatable bonds is 7. The van der Waals surface area contributed by atoms with Crippen LogP contribution in [0.15, 0.2) is 64.2 Å². The molecule has 0 unspecified atom stereocenters. The lowest BCUT2D eigenvalue weighted by molar-refractivity contribution is 0.102. The minimum Gasteiger partial charge on any atom is -0.495 e. The molecule has 33 heavy (non-hydrogen) atoms. The second kappa shape index (κ2) is 9.34. The van der Waals surface area contributed by atoms with Crippen molar-refractivity contribution in [3.63, 3.8) is 0 Å². The molecular formula is C23H21N3O4S3. The van der Waals surface area contributed by atoms with Crippen molar-refractivity contribution in [1.82, 2.24) is 4.98 Å². The number of ether oxygens (including phenoxy) is 1. The number of hydrogen-bond acceptors (Lipinski definition) is 7. The highest BCUT2D eigenvalue weighted by atomic mass is 32.2. The zero-order valence-corrected chi connectivity index (χ0v) is 20.5. The standard InChI is InChI=1S/C23H21N3O4S3/c1-14-6-4-7-15(2)21(14)26-33(28,29)20-12-16(9-10-18(20)30-3)24-22(27)17-13-32-23(25-17)19-8-5-11-31-19/h4-13,26H,1-3H3,(H,24,27). The van der Waals surface area contributed by atoms with Crippen molar-refractivity contribution in [1.29, 1.82) is 0 Å². The molecule has 0 radical (unpaired) electrons. The van der Waals surface area contributed by atoms with Crippen molar-refractivity contribution in [3.05, 3.63) is 76.1 Å². The Morgan fingerprint density at radius 3 is 2.45 bits per heavy atom. The molecule has 4 aromatic rings. The number of amides is 1. The molecule has 4 rings (SSSR count). The van der Waals surface area contributed by atoms with Gasteiger partial charge in [0, 0.05) is 11.1 Å². The molecule has 2 heterocycles. The highest BCUT2D eigenvalue weighted by Crippen LogP contribution is 2.32. The van der Waals surface area contributed by atoms with Crippen LogP contribution in [-0.4, -0.2) is 26.4 Å². The van der Waals surface area contributed by atoms with E-state index in [-0.39, 0.29) is 16.3 Å². The third-order valence-corrected chi connectivity index (χ3v) is 8.15. The highest BCUT2D eigenvalue weighted by Gasteiger charge is 2.23. The van der Waals surface area contributed by atoms with Crippen molar-refractivity contribution in [3.8, 4) is 15.6 Å². The lowest BCUT2D eigenvalue weighted by Gasteiger charge is -2.16. The van der Waals surface area contributed by atoms with Gasteiger partial charge in [-0.2, -0.15) is 0 Å². The summed E-state index contributed by atoms with van der Waals surface area (Å²) in [6.45, 7) is 3.66. The van der Waals surface area contributed by atoms with E-state index in [1.807, 2.05) is 49.6 Å². The van der Waals surface area contributed by atoms with E-state index in [0.29, 0.717) is 11.4 Å². The number of thiophene rings is 1. The van der Waals surface area contributed by atoms with Gasteiger partial charge in [0.05, 0.1) is 17.7 Å². The first-order valence-corrected chi connectivity index (χ1v) is 13.1. The van der Waals surface area contributed by atoms with Gasteiger partial charge < -0.3 is 10.1 Å². The highest BCUT2D eigenvalue weighted by molar-refractivity contribution is 7.92. The number of sulfonamides is 1. The van der Waals surface area contributed by atoms with Gasteiger partial charge in [0.15, 0.2) is 0 Å². The minimum absolute atomic E-state index is 0.0806. The number of aryl methyl sites for hydroxylation is 2. The van der Waals surface area contributed by atoms with Crippen LogP contribution in [0.1, 0.15) is 21.6 Å². The Kier molecular flexibility index (Phi) is 6.50. The van der Waals surface area contributed by atoms with Crippen LogP contribution in [0.25, 0.3) is 9.88 Å². The molecule has 7 nitrogen and oxygen atoms in total. The molecule has 0 bridgehead atoms.